The first-order valence-corrected chi connectivity index (χ1v) is 8.97. The molecule has 3 heterocycles. The van der Waals surface area contributed by atoms with Crippen LogP contribution < -0.4 is 0 Å². The summed E-state index contributed by atoms with van der Waals surface area (Å²) in [6.45, 7) is 1.27. The molecule has 25 heavy (non-hydrogen) atoms. The quantitative estimate of drug-likeness (QED) is 0.657. The topological polar surface area (TPSA) is 50.5 Å². The van der Waals surface area contributed by atoms with Gasteiger partial charge in [0.2, 0.25) is 0 Å². The summed E-state index contributed by atoms with van der Waals surface area (Å²) in [6.07, 6.45) is 3.81. The Labute approximate surface area is 152 Å². The van der Waals surface area contributed by atoms with E-state index in [9.17, 15) is 9.18 Å². The molecule has 0 unspecified atom stereocenters. The van der Waals surface area contributed by atoms with Gasteiger partial charge in [0, 0.05) is 29.7 Å². The Kier molecular flexibility index (Phi) is 4.25. The van der Waals surface area contributed by atoms with E-state index in [1.165, 1.54) is 18.2 Å². The maximum atomic E-state index is 13.3. The molecular formula is C18H16BrFN4O. The van der Waals surface area contributed by atoms with Crippen LogP contribution in [0.15, 0.2) is 47.1 Å². The molecule has 1 saturated heterocycles. The van der Waals surface area contributed by atoms with Gasteiger partial charge in [-0.1, -0.05) is 6.07 Å². The number of benzene rings is 1. The first-order chi connectivity index (χ1) is 12.1. The molecule has 5 nitrogen and oxygen atoms in total. The molecule has 4 rings (SSSR count). The predicted octanol–water partition coefficient (Wildman–Crippen LogP) is 3.65. The molecule has 1 aliphatic rings. The van der Waals surface area contributed by atoms with Crippen molar-refractivity contribution >= 4 is 27.5 Å². The molecule has 1 fully saturated rings. The smallest absolute Gasteiger partial charge is 0.255 e. The first-order valence-electron chi connectivity index (χ1n) is 8.17. The van der Waals surface area contributed by atoms with Crippen molar-refractivity contribution in [3.8, 4) is 0 Å². The summed E-state index contributed by atoms with van der Waals surface area (Å²) in [6, 6.07) is 9.94. The van der Waals surface area contributed by atoms with Crippen LogP contribution in [-0.2, 0) is 0 Å². The Hall–Kier alpha value is -2.28. The molecule has 0 saturated carbocycles. The SMILES string of the molecule is O=C(c1ccc(F)cc1Br)N1CCC[C@@H](c2nnc3ccccn23)C1. The number of likely N-dealkylation sites (tertiary alicyclic amines) is 1. The fourth-order valence-corrected chi connectivity index (χ4v) is 3.86. The highest BCUT2D eigenvalue weighted by atomic mass is 79.9. The number of pyridine rings is 1. The van der Waals surface area contributed by atoms with Gasteiger partial charge in [-0.15, -0.1) is 10.2 Å². The van der Waals surface area contributed by atoms with E-state index in [0.29, 0.717) is 23.1 Å². The highest BCUT2D eigenvalue weighted by molar-refractivity contribution is 9.10. The Morgan fingerprint density at radius 2 is 2.12 bits per heavy atom. The molecule has 0 aliphatic carbocycles. The summed E-state index contributed by atoms with van der Waals surface area (Å²) >= 11 is 3.29. The summed E-state index contributed by atoms with van der Waals surface area (Å²) in [5.41, 5.74) is 1.29. The number of hydrogen-bond donors (Lipinski definition) is 0. The lowest BCUT2D eigenvalue weighted by Crippen LogP contribution is -2.39. The summed E-state index contributed by atoms with van der Waals surface area (Å²) in [7, 11) is 0. The molecule has 1 amide bonds. The van der Waals surface area contributed by atoms with E-state index < -0.39 is 0 Å². The van der Waals surface area contributed by atoms with E-state index in [4.69, 9.17) is 0 Å². The number of hydrogen-bond acceptors (Lipinski definition) is 3. The minimum Gasteiger partial charge on any atom is -0.338 e. The molecule has 1 atom stereocenters. The van der Waals surface area contributed by atoms with Crippen LogP contribution in [0.1, 0.15) is 34.9 Å². The van der Waals surface area contributed by atoms with Crippen molar-refractivity contribution in [1.29, 1.82) is 0 Å². The number of fused-ring (bicyclic) bond motifs is 1. The molecule has 1 aromatic carbocycles. The van der Waals surface area contributed by atoms with Crippen molar-refractivity contribution in [2.24, 2.45) is 0 Å². The lowest BCUT2D eigenvalue weighted by atomic mass is 9.96. The maximum absolute atomic E-state index is 13.3. The van der Waals surface area contributed by atoms with E-state index >= 15 is 0 Å². The number of amides is 1. The monoisotopic (exact) mass is 402 g/mol. The number of carbonyl (C=O) groups excluding carboxylic acids is 1. The molecule has 3 aromatic rings. The second-order valence-electron chi connectivity index (χ2n) is 6.20. The highest BCUT2D eigenvalue weighted by Gasteiger charge is 2.29. The molecular weight excluding hydrogens is 387 g/mol. The van der Waals surface area contributed by atoms with Gasteiger partial charge in [-0.05, 0) is 59.1 Å². The number of rotatable bonds is 2. The fourth-order valence-electron chi connectivity index (χ4n) is 3.34. The Morgan fingerprint density at radius 1 is 1.24 bits per heavy atom. The van der Waals surface area contributed by atoms with Gasteiger partial charge in [0.05, 0.1) is 5.56 Å². The minimum absolute atomic E-state index is 0.0922. The molecule has 0 spiro atoms. The third-order valence-corrected chi connectivity index (χ3v) is 5.23. The van der Waals surface area contributed by atoms with E-state index in [1.54, 1.807) is 0 Å². The fraction of sp³-hybridized carbons (Fsp3) is 0.278. The Morgan fingerprint density at radius 3 is 2.96 bits per heavy atom. The highest BCUT2D eigenvalue weighted by Crippen LogP contribution is 2.28. The van der Waals surface area contributed by atoms with Gasteiger partial charge in [0.15, 0.2) is 5.65 Å². The second-order valence-corrected chi connectivity index (χ2v) is 7.06. The van der Waals surface area contributed by atoms with Crippen molar-refractivity contribution in [3.63, 3.8) is 0 Å². The number of halogens is 2. The third kappa shape index (κ3) is 3.04. The van der Waals surface area contributed by atoms with Crippen molar-refractivity contribution in [2.75, 3.05) is 13.1 Å². The van der Waals surface area contributed by atoms with Crippen LogP contribution in [0.5, 0.6) is 0 Å². The summed E-state index contributed by atoms with van der Waals surface area (Å²) in [5.74, 6) is 0.556. The van der Waals surface area contributed by atoms with Crippen molar-refractivity contribution in [2.45, 2.75) is 18.8 Å². The zero-order valence-electron chi connectivity index (χ0n) is 13.4. The largest absolute Gasteiger partial charge is 0.338 e. The lowest BCUT2D eigenvalue weighted by molar-refractivity contribution is 0.0703. The Bertz CT molecular complexity index is 942. The van der Waals surface area contributed by atoms with Crippen LogP contribution in [0.2, 0.25) is 0 Å². The third-order valence-electron chi connectivity index (χ3n) is 4.58. The van der Waals surface area contributed by atoms with Crippen LogP contribution in [0.4, 0.5) is 4.39 Å². The number of nitrogens with zero attached hydrogens (tertiary/aromatic N) is 4. The first kappa shape index (κ1) is 16.2. The maximum Gasteiger partial charge on any atom is 0.255 e. The number of aromatic nitrogens is 3. The second kappa shape index (κ2) is 6.55. The van der Waals surface area contributed by atoms with Crippen molar-refractivity contribution < 1.29 is 9.18 Å². The van der Waals surface area contributed by atoms with Gasteiger partial charge >= 0.3 is 0 Å². The summed E-state index contributed by atoms with van der Waals surface area (Å²) < 4.78 is 15.7. The van der Waals surface area contributed by atoms with Gasteiger partial charge in [0.25, 0.3) is 5.91 Å². The van der Waals surface area contributed by atoms with Crippen LogP contribution in [0, 0.1) is 5.82 Å². The minimum atomic E-state index is -0.366. The van der Waals surface area contributed by atoms with Gasteiger partial charge in [-0.3, -0.25) is 9.20 Å². The molecule has 0 N–H and O–H groups in total. The van der Waals surface area contributed by atoms with E-state index in [2.05, 4.69) is 26.1 Å². The molecule has 0 bridgehead atoms. The normalized spacial score (nSPS) is 17.8. The summed E-state index contributed by atoms with van der Waals surface area (Å²) in [4.78, 5) is 14.7. The van der Waals surface area contributed by atoms with E-state index in [-0.39, 0.29) is 17.6 Å². The summed E-state index contributed by atoms with van der Waals surface area (Å²) in [5, 5.41) is 8.54. The van der Waals surface area contributed by atoms with Crippen molar-refractivity contribution in [1.82, 2.24) is 19.5 Å². The zero-order valence-corrected chi connectivity index (χ0v) is 15.0. The van der Waals surface area contributed by atoms with Crippen LogP contribution in [0.25, 0.3) is 5.65 Å². The van der Waals surface area contributed by atoms with E-state index in [0.717, 1.165) is 24.3 Å². The Balaban J connectivity index is 1.59. The molecule has 128 valence electrons. The van der Waals surface area contributed by atoms with Crippen LogP contribution in [0.3, 0.4) is 0 Å². The van der Waals surface area contributed by atoms with E-state index in [1.807, 2.05) is 33.7 Å². The van der Waals surface area contributed by atoms with Gasteiger partial charge in [-0.2, -0.15) is 0 Å². The van der Waals surface area contributed by atoms with Gasteiger partial charge in [0.1, 0.15) is 11.6 Å². The number of piperidine rings is 1. The van der Waals surface area contributed by atoms with Crippen LogP contribution >= 0.6 is 15.9 Å². The zero-order chi connectivity index (χ0) is 17.4. The molecule has 2 aromatic heterocycles. The average molecular weight is 403 g/mol. The molecule has 7 heteroatoms. The van der Waals surface area contributed by atoms with Gasteiger partial charge < -0.3 is 4.90 Å². The van der Waals surface area contributed by atoms with Crippen molar-refractivity contribution in [3.05, 3.63) is 64.3 Å². The standard InChI is InChI=1S/C18H16BrFN4O/c19-15-10-13(20)6-7-14(15)18(25)23-8-3-4-12(11-23)17-22-21-16-5-1-2-9-24(16)17/h1-2,5-7,9-10,12H,3-4,8,11H2/t12-/m1/s1. The predicted molar refractivity (Wildman–Crippen MR) is 95.0 cm³/mol. The molecule has 1 aliphatic heterocycles. The lowest BCUT2D eigenvalue weighted by Gasteiger charge is -2.32. The van der Waals surface area contributed by atoms with Gasteiger partial charge in [-0.25, -0.2) is 4.39 Å². The number of carbonyl (C=O) groups is 1. The van der Waals surface area contributed by atoms with Crippen LogP contribution in [-0.4, -0.2) is 38.5 Å². The average Bonchev–Trinajstić information content (AvgIpc) is 3.05. The molecule has 0 radical (unpaired) electrons.